The molecule has 25 heavy (non-hydrogen) atoms. The van der Waals surface area contributed by atoms with E-state index in [1.54, 1.807) is 17.0 Å². The quantitative estimate of drug-likeness (QED) is 0.893. The van der Waals surface area contributed by atoms with Crippen LogP contribution in [0.15, 0.2) is 48.5 Å². The van der Waals surface area contributed by atoms with Gasteiger partial charge in [0.05, 0.1) is 5.56 Å². The van der Waals surface area contributed by atoms with Crippen LogP contribution in [-0.2, 0) is 27.8 Å². The Kier molecular flexibility index (Phi) is 5.28. The number of rotatable bonds is 5. The molecule has 0 saturated carbocycles. The Morgan fingerprint density at radius 3 is 2.72 bits per heavy atom. The predicted molar refractivity (Wildman–Crippen MR) is 97.2 cm³/mol. The number of benzene rings is 2. The zero-order chi connectivity index (χ0) is 17.8. The van der Waals surface area contributed by atoms with Crippen LogP contribution in [0.25, 0.3) is 0 Å². The predicted octanol–water partition coefficient (Wildman–Crippen LogP) is 2.61. The maximum Gasteiger partial charge on any atom is 0.335 e. The molecule has 1 unspecified atom stereocenters. The van der Waals surface area contributed by atoms with Crippen molar-refractivity contribution in [1.29, 1.82) is 0 Å². The van der Waals surface area contributed by atoms with E-state index in [9.17, 15) is 13.8 Å². The third-order valence-electron chi connectivity index (χ3n) is 4.20. The highest BCUT2D eigenvalue weighted by molar-refractivity contribution is 7.84. The van der Waals surface area contributed by atoms with E-state index in [0.717, 1.165) is 24.1 Å². The van der Waals surface area contributed by atoms with Crippen LogP contribution in [0.5, 0.6) is 0 Å². The lowest BCUT2D eigenvalue weighted by Crippen LogP contribution is -2.38. The molecule has 2 aromatic carbocycles. The van der Waals surface area contributed by atoms with Crippen LogP contribution < -0.4 is 4.90 Å². The Bertz CT molecular complexity index is 834. The fraction of sp³-hybridized carbons (Fsp3) is 0.263. The van der Waals surface area contributed by atoms with E-state index in [0.29, 0.717) is 12.1 Å². The van der Waals surface area contributed by atoms with Crippen LogP contribution in [0, 0.1) is 0 Å². The lowest BCUT2D eigenvalue weighted by molar-refractivity contribution is -0.116. The third-order valence-corrected chi connectivity index (χ3v) is 5.42. The van der Waals surface area contributed by atoms with Crippen molar-refractivity contribution in [2.24, 2.45) is 0 Å². The molecule has 1 N–H and O–H groups in total. The van der Waals surface area contributed by atoms with Gasteiger partial charge in [-0.05, 0) is 42.2 Å². The first-order chi connectivity index (χ1) is 12.0. The monoisotopic (exact) mass is 357 g/mol. The van der Waals surface area contributed by atoms with Gasteiger partial charge in [0.2, 0.25) is 5.91 Å². The van der Waals surface area contributed by atoms with Crippen molar-refractivity contribution in [2.75, 3.05) is 17.2 Å². The van der Waals surface area contributed by atoms with Gasteiger partial charge < -0.3 is 10.0 Å². The molecule has 0 radical (unpaired) electrons. The number of hydrogen-bond acceptors (Lipinski definition) is 3. The molecule has 0 saturated heterocycles. The molecule has 0 aliphatic carbocycles. The number of amides is 1. The number of carbonyl (C=O) groups excluding carboxylic acids is 1. The number of nitrogens with zero attached hydrogens (tertiary/aromatic N) is 1. The highest BCUT2D eigenvalue weighted by Gasteiger charge is 2.23. The molecule has 0 spiro atoms. The molecule has 6 heteroatoms. The van der Waals surface area contributed by atoms with Crippen LogP contribution in [0.2, 0.25) is 0 Å². The van der Waals surface area contributed by atoms with Crippen LogP contribution in [0.4, 0.5) is 5.69 Å². The number of aromatic carboxylic acids is 1. The minimum atomic E-state index is -1.39. The highest BCUT2D eigenvalue weighted by atomic mass is 32.2. The second-order valence-electron chi connectivity index (χ2n) is 6.01. The van der Waals surface area contributed by atoms with Crippen molar-refractivity contribution in [3.63, 3.8) is 0 Å². The first-order valence-electron chi connectivity index (χ1n) is 8.10. The fourth-order valence-electron chi connectivity index (χ4n) is 3.04. The summed E-state index contributed by atoms with van der Waals surface area (Å²) in [5.74, 6) is -1.07. The number of carboxylic acid groups (broad SMARTS) is 1. The molecule has 0 fully saturated rings. The maximum absolute atomic E-state index is 12.6. The molecule has 1 amide bonds. The zero-order valence-electron chi connectivity index (χ0n) is 13.7. The van der Waals surface area contributed by atoms with Gasteiger partial charge in [-0.2, -0.15) is 0 Å². The molecule has 5 nitrogen and oxygen atoms in total. The van der Waals surface area contributed by atoms with Crippen LogP contribution in [0.3, 0.4) is 0 Å². The summed E-state index contributed by atoms with van der Waals surface area (Å²) in [7, 11) is -1.39. The molecule has 1 atom stereocenters. The van der Waals surface area contributed by atoms with Crippen molar-refractivity contribution >= 4 is 28.4 Å². The second-order valence-corrected chi connectivity index (χ2v) is 7.47. The first-order valence-corrected chi connectivity index (χ1v) is 9.59. The van der Waals surface area contributed by atoms with Crippen molar-refractivity contribution in [1.82, 2.24) is 0 Å². The van der Waals surface area contributed by atoms with E-state index >= 15 is 0 Å². The summed E-state index contributed by atoms with van der Waals surface area (Å²) in [6, 6.07) is 14.1. The minimum Gasteiger partial charge on any atom is -0.478 e. The average molecular weight is 357 g/mol. The lowest BCUT2D eigenvalue weighted by atomic mass is 10.0. The summed E-state index contributed by atoms with van der Waals surface area (Å²) < 4.78 is 12.4. The third kappa shape index (κ3) is 4.14. The average Bonchev–Trinajstić information content (AvgIpc) is 2.61. The molecule has 1 aliphatic rings. The summed E-state index contributed by atoms with van der Waals surface area (Å²) in [5.41, 5.74) is 2.86. The van der Waals surface area contributed by atoms with Crippen molar-refractivity contribution < 1.29 is 18.9 Å². The largest absolute Gasteiger partial charge is 0.478 e. The van der Waals surface area contributed by atoms with Gasteiger partial charge in [-0.25, -0.2) is 4.79 Å². The summed E-state index contributed by atoms with van der Waals surface area (Å²) in [6.45, 7) is 0.640. The first kappa shape index (κ1) is 17.4. The Hall–Kier alpha value is -2.47. The molecule has 0 aromatic heterocycles. The minimum absolute atomic E-state index is 0.0639. The number of para-hydroxylation sites is 1. The van der Waals surface area contributed by atoms with Gasteiger partial charge in [-0.15, -0.1) is 0 Å². The molecular weight excluding hydrogens is 338 g/mol. The zero-order valence-corrected chi connectivity index (χ0v) is 14.5. The summed E-state index contributed by atoms with van der Waals surface area (Å²) >= 11 is 0. The Morgan fingerprint density at radius 2 is 1.92 bits per heavy atom. The van der Waals surface area contributed by atoms with E-state index in [1.165, 1.54) is 12.1 Å². The topological polar surface area (TPSA) is 74.7 Å². The number of carbonyl (C=O) groups is 2. The number of aryl methyl sites for hydroxylation is 1. The van der Waals surface area contributed by atoms with E-state index in [4.69, 9.17) is 5.11 Å². The number of anilines is 1. The highest BCUT2D eigenvalue weighted by Crippen LogP contribution is 2.26. The standard InChI is InChI=1S/C19H19NO4S/c21-18(20-10-4-8-15-6-1-2-9-17(15)20)13-25(24)12-14-5-3-7-16(11-14)19(22)23/h1-3,5-7,9,11H,4,8,10,12-13H2,(H,22,23). The van der Waals surface area contributed by atoms with Crippen molar-refractivity contribution in [3.8, 4) is 0 Å². The molecule has 2 aromatic rings. The molecule has 130 valence electrons. The van der Waals surface area contributed by atoms with Gasteiger partial charge in [0.1, 0.15) is 5.75 Å². The van der Waals surface area contributed by atoms with E-state index in [2.05, 4.69) is 0 Å². The van der Waals surface area contributed by atoms with Crippen LogP contribution in [0.1, 0.15) is 27.9 Å². The van der Waals surface area contributed by atoms with Crippen molar-refractivity contribution in [3.05, 3.63) is 65.2 Å². The van der Waals surface area contributed by atoms with E-state index in [1.807, 2.05) is 24.3 Å². The Morgan fingerprint density at radius 1 is 1.12 bits per heavy atom. The molecule has 1 heterocycles. The van der Waals surface area contributed by atoms with Gasteiger partial charge in [0.15, 0.2) is 0 Å². The van der Waals surface area contributed by atoms with E-state index in [-0.39, 0.29) is 23.0 Å². The number of carboxylic acids is 1. The molecular formula is C19H19NO4S. The van der Waals surface area contributed by atoms with E-state index < -0.39 is 16.8 Å². The summed E-state index contributed by atoms with van der Waals surface area (Å²) in [5, 5.41) is 9.02. The Balaban J connectivity index is 1.67. The van der Waals surface area contributed by atoms with Gasteiger partial charge in [-0.3, -0.25) is 9.00 Å². The van der Waals surface area contributed by atoms with Gasteiger partial charge in [0, 0.05) is 28.8 Å². The number of fused-ring (bicyclic) bond motifs is 1. The van der Waals surface area contributed by atoms with Crippen molar-refractivity contribution in [2.45, 2.75) is 18.6 Å². The SMILES string of the molecule is O=C(O)c1cccc(CS(=O)CC(=O)N2CCCc3ccccc32)c1. The van der Waals surface area contributed by atoms with Gasteiger partial charge in [0.25, 0.3) is 0 Å². The number of hydrogen-bond donors (Lipinski definition) is 1. The lowest BCUT2D eigenvalue weighted by Gasteiger charge is -2.29. The summed E-state index contributed by atoms with van der Waals surface area (Å²) in [6.07, 6.45) is 1.85. The summed E-state index contributed by atoms with van der Waals surface area (Å²) in [4.78, 5) is 25.3. The second kappa shape index (κ2) is 7.61. The fourth-order valence-corrected chi connectivity index (χ4v) is 4.12. The maximum atomic E-state index is 12.6. The molecule has 0 bridgehead atoms. The smallest absolute Gasteiger partial charge is 0.335 e. The molecule has 1 aliphatic heterocycles. The van der Waals surface area contributed by atoms with Crippen LogP contribution in [-0.4, -0.2) is 33.5 Å². The molecule has 3 rings (SSSR count). The Labute approximate surface area is 148 Å². The van der Waals surface area contributed by atoms with Gasteiger partial charge >= 0.3 is 5.97 Å². The van der Waals surface area contributed by atoms with Gasteiger partial charge in [-0.1, -0.05) is 30.3 Å². The normalized spacial score (nSPS) is 14.6. The van der Waals surface area contributed by atoms with Crippen LogP contribution >= 0.6 is 0 Å².